The molecule has 0 aliphatic heterocycles. The SMILES string of the molecule is CCCCCCC(=O)C1=CCCCC1. The number of carbonyl (C=O) groups is 1. The van der Waals surface area contributed by atoms with E-state index < -0.39 is 0 Å². The number of hydrogen-bond donors (Lipinski definition) is 0. The van der Waals surface area contributed by atoms with Crippen molar-refractivity contribution in [3.05, 3.63) is 11.6 Å². The first-order chi connectivity index (χ1) is 6.84. The molecule has 0 amide bonds. The van der Waals surface area contributed by atoms with Crippen LogP contribution in [0.15, 0.2) is 11.6 Å². The molecule has 0 saturated carbocycles. The summed E-state index contributed by atoms with van der Waals surface area (Å²) in [6, 6.07) is 0. The number of carbonyl (C=O) groups excluding carboxylic acids is 1. The Bertz CT molecular complexity index is 203. The number of unbranched alkanes of at least 4 members (excludes halogenated alkanes) is 3. The van der Waals surface area contributed by atoms with E-state index in [2.05, 4.69) is 13.0 Å². The Hall–Kier alpha value is -0.590. The molecule has 80 valence electrons. The highest BCUT2D eigenvalue weighted by atomic mass is 16.1. The van der Waals surface area contributed by atoms with Gasteiger partial charge in [-0.2, -0.15) is 0 Å². The Morgan fingerprint density at radius 1 is 1.29 bits per heavy atom. The maximum atomic E-state index is 11.7. The summed E-state index contributed by atoms with van der Waals surface area (Å²) >= 11 is 0. The van der Waals surface area contributed by atoms with Gasteiger partial charge in [0.25, 0.3) is 0 Å². The van der Waals surface area contributed by atoms with Crippen molar-refractivity contribution in [2.45, 2.75) is 64.7 Å². The van der Waals surface area contributed by atoms with Crippen molar-refractivity contribution < 1.29 is 4.79 Å². The number of hydrogen-bond acceptors (Lipinski definition) is 1. The van der Waals surface area contributed by atoms with Gasteiger partial charge in [-0.25, -0.2) is 0 Å². The molecular weight excluding hydrogens is 172 g/mol. The Labute approximate surface area is 87.6 Å². The fraction of sp³-hybridized carbons (Fsp3) is 0.769. The molecular formula is C13H22O. The largest absolute Gasteiger partial charge is 0.295 e. The molecule has 0 unspecified atom stereocenters. The Morgan fingerprint density at radius 2 is 2.14 bits per heavy atom. The van der Waals surface area contributed by atoms with Crippen LogP contribution in [0.4, 0.5) is 0 Å². The van der Waals surface area contributed by atoms with Gasteiger partial charge in [0.15, 0.2) is 5.78 Å². The maximum Gasteiger partial charge on any atom is 0.158 e. The van der Waals surface area contributed by atoms with Gasteiger partial charge in [0, 0.05) is 6.42 Å². The van der Waals surface area contributed by atoms with Gasteiger partial charge in [-0.1, -0.05) is 32.3 Å². The van der Waals surface area contributed by atoms with Crippen LogP contribution in [0.1, 0.15) is 64.7 Å². The molecule has 1 aliphatic carbocycles. The Balaban J connectivity index is 2.17. The monoisotopic (exact) mass is 194 g/mol. The highest BCUT2D eigenvalue weighted by molar-refractivity contribution is 5.95. The predicted octanol–water partition coefficient (Wildman–Crippen LogP) is 4.03. The van der Waals surface area contributed by atoms with Crippen molar-refractivity contribution >= 4 is 5.78 Å². The smallest absolute Gasteiger partial charge is 0.158 e. The predicted molar refractivity (Wildman–Crippen MR) is 60.3 cm³/mol. The van der Waals surface area contributed by atoms with Crippen LogP contribution in [0.5, 0.6) is 0 Å². The van der Waals surface area contributed by atoms with Crippen LogP contribution in [0.2, 0.25) is 0 Å². The summed E-state index contributed by atoms with van der Waals surface area (Å²) in [6.45, 7) is 2.20. The third-order valence-electron chi connectivity index (χ3n) is 2.91. The molecule has 1 heteroatoms. The molecule has 0 radical (unpaired) electrons. The first kappa shape index (κ1) is 11.5. The molecule has 1 rings (SSSR count). The van der Waals surface area contributed by atoms with E-state index >= 15 is 0 Å². The van der Waals surface area contributed by atoms with E-state index in [-0.39, 0.29) is 0 Å². The standard InChI is InChI=1S/C13H22O/c1-2-3-4-8-11-13(14)12-9-6-5-7-10-12/h9H,2-8,10-11H2,1H3. The number of Topliss-reactive ketones (excluding diaryl/α,β-unsaturated/α-hetero) is 1. The summed E-state index contributed by atoms with van der Waals surface area (Å²) in [6.07, 6.45) is 12.4. The van der Waals surface area contributed by atoms with Gasteiger partial charge in [-0.05, 0) is 37.7 Å². The number of ketones is 1. The Kier molecular flexibility index (Phi) is 5.58. The number of allylic oxidation sites excluding steroid dienone is 2. The van der Waals surface area contributed by atoms with E-state index in [9.17, 15) is 4.79 Å². The summed E-state index contributed by atoms with van der Waals surface area (Å²) in [5.74, 6) is 0.417. The molecule has 0 saturated heterocycles. The lowest BCUT2D eigenvalue weighted by atomic mass is 9.94. The first-order valence-electron chi connectivity index (χ1n) is 6.07. The van der Waals surface area contributed by atoms with Gasteiger partial charge >= 0.3 is 0 Å². The molecule has 0 aromatic carbocycles. The average molecular weight is 194 g/mol. The molecule has 1 aliphatic rings. The van der Waals surface area contributed by atoms with Crippen LogP contribution < -0.4 is 0 Å². The topological polar surface area (TPSA) is 17.1 Å². The van der Waals surface area contributed by atoms with Crippen LogP contribution in [-0.2, 0) is 4.79 Å². The Morgan fingerprint density at radius 3 is 2.79 bits per heavy atom. The van der Waals surface area contributed by atoms with Gasteiger partial charge in [-0.15, -0.1) is 0 Å². The van der Waals surface area contributed by atoms with Gasteiger partial charge in [0.05, 0.1) is 0 Å². The minimum atomic E-state index is 0.417. The highest BCUT2D eigenvalue weighted by Crippen LogP contribution is 2.20. The second kappa shape index (κ2) is 6.80. The quantitative estimate of drug-likeness (QED) is 0.583. The molecule has 0 bridgehead atoms. The lowest BCUT2D eigenvalue weighted by Crippen LogP contribution is -2.05. The van der Waals surface area contributed by atoms with Crippen LogP contribution in [0, 0.1) is 0 Å². The van der Waals surface area contributed by atoms with Crippen LogP contribution in [0.25, 0.3) is 0 Å². The molecule has 0 atom stereocenters. The van der Waals surface area contributed by atoms with E-state index in [1.807, 2.05) is 0 Å². The lowest BCUT2D eigenvalue weighted by Gasteiger charge is -2.11. The average Bonchev–Trinajstić information content (AvgIpc) is 2.25. The van der Waals surface area contributed by atoms with Crippen molar-refractivity contribution in [3.8, 4) is 0 Å². The van der Waals surface area contributed by atoms with Crippen molar-refractivity contribution in [2.75, 3.05) is 0 Å². The molecule has 0 spiro atoms. The van der Waals surface area contributed by atoms with Gasteiger partial charge < -0.3 is 0 Å². The lowest BCUT2D eigenvalue weighted by molar-refractivity contribution is -0.115. The summed E-state index contributed by atoms with van der Waals surface area (Å²) in [4.78, 5) is 11.7. The zero-order valence-electron chi connectivity index (χ0n) is 9.35. The summed E-state index contributed by atoms with van der Waals surface area (Å²) < 4.78 is 0. The van der Waals surface area contributed by atoms with Crippen molar-refractivity contribution in [1.82, 2.24) is 0 Å². The first-order valence-corrected chi connectivity index (χ1v) is 6.07. The van der Waals surface area contributed by atoms with Crippen LogP contribution in [-0.4, -0.2) is 5.78 Å². The van der Waals surface area contributed by atoms with Gasteiger partial charge in [0.1, 0.15) is 0 Å². The van der Waals surface area contributed by atoms with Gasteiger partial charge in [0.2, 0.25) is 0 Å². The van der Waals surface area contributed by atoms with Crippen molar-refractivity contribution in [3.63, 3.8) is 0 Å². The molecule has 14 heavy (non-hydrogen) atoms. The molecule has 0 aromatic rings. The molecule has 0 heterocycles. The normalized spacial score (nSPS) is 16.5. The molecule has 0 aromatic heterocycles. The van der Waals surface area contributed by atoms with E-state index in [1.165, 1.54) is 32.1 Å². The third-order valence-corrected chi connectivity index (χ3v) is 2.91. The maximum absolute atomic E-state index is 11.7. The van der Waals surface area contributed by atoms with E-state index in [4.69, 9.17) is 0 Å². The minimum Gasteiger partial charge on any atom is -0.295 e. The van der Waals surface area contributed by atoms with Crippen molar-refractivity contribution in [1.29, 1.82) is 0 Å². The molecule has 1 nitrogen and oxygen atoms in total. The van der Waals surface area contributed by atoms with Crippen molar-refractivity contribution in [2.24, 2.45) is 0 Å². The summed E-state index contributed by atoms with van der Waals surface area (Å²) in [5, 5.41) is 0. The summed E-state index contributed by atoms with van der Waals surface area (Å²) in [5.41, 5.74) is 1.12. The summed E-state index contributed by atoms with van der Waals surface area (Å²) in [7, 11) is 0. The van der Waals surface area contributed by atoms with Crippen LogP contribution >= 0.6 is 0 Å². The zero-order chi connectivity index (χ0) is 10.2. The number of rotatable bonds is 6. The van der Waals surface area contributed by atoms with Crippen LogP contribution in [0.3, 0.4) is 0 Å². The second-order valence-corrected chi connectivity index (χ2v) is 4.21. The fourth-order valence-electron chi connectivity index (χ4n) is 1.96. The second-order valence-electron chi connectivity index (χ2n) is 4.21. The van der Waals surface area contributed by atoms with E-state index in [1.54, 1.807) is 0 Å². The minimum absolute atomic E-state index is 0.417. The molecule has 0 fully saturated rings. The zero-order valence-corrected chi connectivity index (χ0v) is 9.35. The van der Waals surface area contributed by atoms with Gasteiger partial charge in [-0.3, -0.25) is 4.79 Å². The van der Waals surface area contributed by atoms with E-state index in [0.29, 0.717) is 5.78 Å². The van der Waals surface area contributed by atoms with E-state index in [0.717, 1.165) is 31.3 Å². The third kappa shape index (κ3) is 4.08. The molecule has 0 N–H and O–H groups in total. The highest BCUT2D eigenvalue weighted by Gasteiger charge is 2.11. The fourth-order valence-corrected chi connectivity index (χ4v) is 1.96.